The van der Waals surface area contributed by atoms with E-state index >= 15 is 0 Å². The van der Waals surface area contributed by atoms with Crippen molar-refractivity contribution in [2.24, 2.45) is 0 Å². The molecule has 0 saturated carbocycles. The molecular formula is C40H30Cl2Hf. The van der Waals surface area contributed by atoms with Crippen LogP contribution in [0.3, 0.4) is 0 Å². The zero-order valence-corrected chi connectivity index (χ0v) is 29.2. The maximum atomic E-state index is 2.51. The van der Waals surface area contributed by atoms with Crippen LogP contribution >= 0.6 is 0 Å². The molecule has 6 aromatic carbocycles. The van der Waals surface area contributed by atoms with Crippen LogP contribution < -0.4 is 24.8 Å². The Morgan fingerprint density at radius 1 is 0.419 bits per heavy atom. The van der Waals surface area contributed by atoms with Crippen molar-refractivity contribution in [2.45, 2.75) is 21.2 Å². The predicted octanol–water partition coefficient (Wildman–Crippen LogP) is 5.03. The Balaban J connectivity index is 0.00000165. The molecule has 2 atom stereocenters. The van der Waals surface area contributed by atoms with E-state index in [0.717, 1.165) is 0 Å². The van der Waals surface area contributed by atoms with Crippen LogP contribution in [-0.2, 0) is 22.9 Å². The van der Waals surface area contributed by atoms with E-state index in [4.69, 9.17) is 0 Å². The van der Waals surface area contributed by atoms with Gasteiger partial charge >= 0.3 is 255 Å². The van der Waals surface area contributed by atoms with Crippen LogP contribution in [0.15, 0.2) is 132 Å². The number of halogens is 2. The van der Waals surface area contributed by atoms with Gasteiger partial charge in [0.15, 0.2) is 0 Å². The fourth-order valence-corrected chi connectivity index (χ4v) is 13.9. The maximum Gasteiger partial charge on any atom is -1.00 e. The van der Waals surface area contributed by atoms with Crippen LogP contribution in [0.2, 0.25) is 0 Å². The summed E-state index contributed by atoms with van der Waals surface area (Å²) in [4.78, 5) is 0. The molecule has 2 aliphatic rings. The van der Waals surface area contributed by atoms with Crippen LogP contribution in [-0.4, -0.2) is 0 Å². The zero-order valence-electron chi connectivity index (χ0n) is 24.1. The topological polar surface area (TPSA) is 0 Å². The molecule has 43 heavy (non-hydrogen) atoms. The van der Waals surface area contributed by atoms with Crippen molar-refractivity contribution in [3.8, 4) is 22.3 Å². The van der Waals surface area contributed by atoms with E-state index in [2.05, 4.69) is 147 Å². The van der Waals surface area contributed by atoms with Crippen molar-refractivity contribution in [3.05, 3.63) is 155 Å². The summed E-state index contributed by atoms with van der Waals surface area (Å²) in [5, 5.41) is 5.29. The average molecular weight is 760 g/mol. The van der Waals surface area contributed by atoms with Gasteiger partial charge in [-0.25, -0.2) is 0 Å². The molecule has 2 aliphatic carbocycles. The molecule has 0 saturated heterocycles. The van der Waals surface area contributed by atoms with Gasteiger partial charge < -0.3 is 24.8 Å². The summed E-state index contributed by atoms with van der Waals surface area (Å²) in [7, 11) is 0. The first-order valence-electron chi connectivity index (χ1n) is 14.5. The SMILES string of the molecule is CC1=Cc2c(-c3cccc4ccccc34)cccc2[CH]1[Hf+2][CH]1C(C)=Cc2c(-c3cccc4ccccc34)cccc21.[Cl-].[Cl-]. The van der Waals surface area contributed by atoms with Gasteiger partial charge in [-0.05, 0) is 0 Å². The summed E-state index contributed by atoms with van der Waals surface area (Å²) in [6.07, 6.45) is 5.01. The normalized spacial score (nSPS) is 16.4. The zero-order chi connectivity index (χ0) is 27.5. The van der Waals surface area contributed by atoms with Crippen molar-refractivity contribution in [2.75, 3.05) is 0 Å². The molecule has 0 spiro atoms. The van der Waals surface area contributed by atoms with E-state index < -0.39 is 22.9 Å². The van der Waals surface area contributed by atoms with Crippen LogP contribution in [0, 0.1) is 0 Å². The molecule has 3 heteroatoms. The second-order valence-corrected chi connectivity index (χ2v) is 16.8. The van der Waals surface area contributed by atoms with Gasteiger partial charge in [-0.3, -0.25) is 0 Å². The van der Waals surface area contributed by atoms with Crippen LogP contribution in [0.5, 0.6) is 0 Å². The Bertz CT molecular complexity index is 1910. The molecule has 8 rings (SSSR count). The Labute approximate surface area is 277 Å². The Kier molecular flexibility index (Phi) is 8.35. The largest absolute Gasteiger partial charge is 1.00 e. The molecule has 0 fully saturated rings. The summed E-state index contributed by atoms with van der Waals surface area (Å²) in [5.74, 6) is 0. The van der Waals surface area contributed by atoms with Crippen molar-refractivity contribution < 1.29 is 47.7 Å². The Morgan fingerprint density at radius 3 is 1.26 bits per heavy atom. The number of benzene rings is 6. The van der Waals surface area contributed by atoms with Crippen molar-refractivity contribution >= 4 is 33.7 Å². The minimum Gasteiger partial charge on any atom is -1.00 e. The molecule has 0 radical (unpaired) electrons. The number of rotatable bonds is 4. The standard InChI is InChI=1S/2C20H15.2ClH.Hf/c2*1-14-12-16-8-5-11-19(20(16)13-14)18-10-4-7-15-6-2-3-9-17(15)18;;;/h2*2-13H,1H3;2*1H;/q;;;;+2/p-2. The van der Waals surface area contributed by atoms with E-state index in [-0.39, 0.29) is 24.8 Å². The first-order valence-corrected chi connectivity index (χ1v) is 18.7. The number of hydrogen-bond donors (Lipinski definition) is 0. The molecule has 2 unspecified atom stereocenters. The van der Waals surface area contributed by atoms with Gasteiger partial charge in [0.25, 0.3) is 0 Å². The van der Waals surface area contributed by atoms with Crippen molar-refractivity contribution in [1.82, 2.24) is 0 Å². The summed E-state index contributed by atoms with van der Waals surface area (Å²) in [5.41, 5.74) is 14.6. The molecule has 0 nitrogen and oxygen atoms in total. The minimum absolute atomic E-state index is 0. The Hall–Kier alpha value is -3.23. The maximum absolute atomic E-state index is 2.51. The first kappa shape index (κ1) is 29.8. The number of allylic oxidation sites excluding steroid dienone is 2. The van der Waals surface area contributed by atoms with E-state index in [9.17, 15) is 0 Å². The average Bonchev–Trinajstić information content (AvgIpc) is 3.51. The molecule has 0 bridgehead atoms. The minimum atomic E-state index is -1.22. The van der Waals surface area contributed by atoms with Gasteiger partial charge in [0.2, 0.25) is 0 Å². The van der Waals surface area contributed by atoms with Gasteiger partial charge in [-0.15, -0.1) is 0 Å². The third-order valence-electron chi connectivity index (χ3n) is 9.05. The van der Waals surface area contributed by atoms with E-state index in [1.165, 1.54) is 54.9 Å². The summed E-state index contributed by atoms with van der Waals surface area (Å²) in [6.45, 7) is 4.76. The van der Waals surface area contributed by atoms with Crippen molar-refractivity contribution in [1.29, 1.82) is 0 Å². The van der Waals surface area contributed by atoms with Crippen LogP contribution in [0.25, 0.3) is 56.0 Å². The second-order valence-electron chi connectivity index (χ2n) is 11.5. The third kappa shape index (κ3) is 4.96. The predicted molar refractivity (Wildman–Crippen MR) is 172 cm³/mol. The monoisotopic (exact) mass is 760 g/mol. The van der Waals surface area contributed by atoms with Gasteiger partial charge in [-0.1, -0.05) is 0 Å². The number of hydrogen-bond acceptors (Lipinski definition) is 0. The fraction of sp³-hybridized carbons (Fsp3) is 0.100. The van der Waals surface area contributed by atoms with Gasteiger partial charge in [0, 0.05) is 0 Å². The molecule has 0 aliphatic heterocycles. The van der Waals surface area contributed by atoms with Crippen LogP contribution in [0.1, 0.15) is 43.5 Å². The molecule has 208 valence electrons. The van der Waals surface area contributed by atoms with E-state index in [1.807, 2.05) is 0 Å². The van der Waals surface area contributed by atoms with E-state index in [1.54, 1.807) is 22.3 Å². The summed E-state index contributed by atoms with van der Waals surface area (Å²) >= 11 is -1.22. The summed E-state index contributed by atoms with van der Waals surface area (Å²) in [6, 6.07) is 45.1. The van der Waals surface area contributed by atoms with Gasteiger partial charge in [0.1, 0.15) is 0 Å². The van der Waals surface area contributed by atoms with Crippen molar-refractivity contribution in [3.63, 3.8) is 0 Å². The third-order valence-corrected chi connectivity index (χ3v) is 17.0. The molecule has 6 aromatic rings. The first-order chi connectivity index (χ1) is 20.2. The molecule has 0 N–H and O–H groups in total. The van der Waals surface area contributed by atoms with Gasteiger partial charge in [0.05, 0.1) is 0 Å². The van der Waals surface area contributed by atoms with E-state index in [0.29, 0.717) is 7.35 Å². The molecule has 0 aromatic heterocycles. The Morgan fingerprint density at radius 2 is 0.791 bits per heavy atom. The quantitative estimate of drug-likeness (QED) is 0.222. The van der Waals surface area contributed by atoms with Crippen LogP contribution in [0.4, 0.5) is 0 Å². The molecular weight excluding hydrogens is 730 g/mol. The van der Waals surface area contributed by atoms with Gasteiger partial charge in [-0.2, -0.15) is 0 Å². The smallest absolute Gasteiger partial charge is 1.00 e. The number of fused-ring (bicyclic) bond motifs is 4. The fourth-order valence-electron chi connectivity index (χ4n) is 7.10. The summed E-state index contributed by atoms with van der Waals surface area (Å²) < 4.78 is 1.22. The molecule has 0 amide bonds. The second kappa shape index (κ2) is 12.0. The molecule has 0 heterocycles.